The molecule has 31 heavy (non-hydrogen) atoms. The Labute approximate surface area is 181 Å². The van der Waals surface area contributed by atoms with Gasteiger partial charge in [-0.2, -0.15) is 5.26 Å². The molecule has 0 unspecified atom stereocenters. The van der Waals surface area contributed by atoms with Crippen molar-refractivity contribution in [1.82, 2.24) is 9.71 Å². The first-order valence-corrected chi connectivity index (χ1v) is 11.6. The summed E-state index contributed by atoms with van der Waals surface area (Å²) in [4.78, 5) is 6.68. The van der Waals surface area contributed by atoms with E-state index in [1.807, 2.05) is 13.8 Å². The van der Waals surface area contributed by atoms with E-state index in [0.717, 1.165) is 39.8 Å². The number of anilines is 1. The highest BCUT2D eigenvalue weighted by Crippen LogP contribution is 2.33. The highest BCUT2D eigenvalue weighted by Gasteiger charge is 2.27. The smallest absolute Gasteiger partial charge is 0.240 e. The molecule has 0 bridgehead atoms. The summed E-state index contributed by atoms with van der Waals surface area (Å²) in [6.45, 7) is 5.25. The van der Waals surface area contributed by atoms with Gasteiger partial charge < -0.3 is 4.90 Å². The average molecular weight is 439 g/mol. The maximum Gasteiger partial charge on any atom is 0.240 e. The normalized spacial score (nSPS) is 15.2. The molecule has 0 aliphatic carbocycles. The monoisotopic (exact) mass is 438 g/mol. The number of pyridine rings is 1. The van der Waals surface area contributed by atoms with Gasteiger partial charge in [0.15, 0.2) is 0 Å². The number of halogens is 1. The Bertz CT molecular complexity index is 1280. The summed E-state index contributed by atoms with van der Waals surface area (Å²) in [6.07, 6.45) is 2.81. The Kier molecular flexibility index (Phi) is 5.65. The lowest BCUT2D eigenvalue weighted by Gasteiger charge is -2.35. The molecule has 1 N–H and O–H groups in total. The van der Waals surface area contributed by atoms with Crippen molar-refractivity contribution in [2.24, 2.45) is 0 Å². The topological polar surface area (TPSA) is 86.1 Å². The van der Waals surface area contributed by atoms with Gasteiger partial charge in [-0.25, -0.2) is 17.5 Å². The van der Waals surface area contributed by atoms with Gasteiger partial charge in [0, 0.05) is 30.7 Å². The van der Waals surface area contributed by atoms with Gasteiger partial charge in [-0.15, -0.1) is 0 Å². The third-order valence-electron chi connectivity index (χ3n) is 5.66. The second kappa shape index (κ2) is 8.25. The number of sulfonamides is 1. The first kappa shape index (κ1) is 21.2. The molecule has 1 fully saturated rings. The number of fused-ring (bicyclic) bond motifs is 1. The van der Waals surface area contributed by atoms with Gasteiger partial charge >= 0.3 is 0 Å². The molecule has 1 saturated heterocycles. The zero-order chi connectivity index (χ0) is 22.2. The van der Waals surface area contributed by atoms with E-state index in [1.165, 1.54) is 12.1 Å². The molecule has 0 amide bonds. The van der Waals surface area contributed by atoms with Crippen molar-refractivity contribution < 1.29 is 12.8 Å². The van der Waals surface area contributed by atoms with E-state index in [0.29, 0.717) is 31.5 Å². The SMILES string of the molecule is Cc1cc(C)c2ncc(C#N)c(N3CCC(NS(=O)(=O)c4ccc(F)cc4)CC3)c2c1. The third kappa shape index (κ3) is 4.24. The fourth-order valence-electron chi connectivity index (χ4n) is 4.19. The van der Waals surface area contributed by atoms with Crippen molar-refractivity contribution in [3.8, 4) is 6.07 Å². The van der Waals surface area contributed by atoms with Crippen LogP contribution >= 0.6 is 0 Å². The molecular formula is C23H23FN4O2S. The van der Waals surface area contributed by atoms with E-state index >= 15 is 0 Å². The van der Waals surface area contributed by atoms with E-state index < -0.39 is 15.8 Å². The Balaban J connectivity index is 1.56. The average Bonchev–Trinajstić information content (AvgIpc) is 2.73. The minimum absolute atomic E-state index is 0.0502. The maximum absolute atomic E-state index is 13.1. The van der Waals surface area contributed by atoms with Gasteiger partial charge in [0.25, 0.3) is 0 Å². The second-order valence-corrected chi connectivity index (χ2v) is 9.66. The summed E-state index contributed by atoms with van der Waals surface area (Å²) >= 11 is 0. The lowest BCUT2D eigenvalue weighted by atomic mass is 10.00. The van der Waals surface area contributed by atoms with Gasteiger partial charge in [-0.05, 0) is 62.6 Å². The van der Waals surface area contributed by atoms with Crippen LogP contribution in [0.2, 0.25) is 0 Å². The molecule has 0 saturated carbocycles. The Morgan fingerprint density at radius 2 is 1.84 bits per heavy atom. The molecule has 0 atom stereocenters. The number of benzene rings is 2. The van der Waals surface area contributed by atoms with Crippen LogP contribution < -0.4 is 9.62 Å². The number of hydrogen-bond acceptors (Lipinski definition) is 5. The summed E-state index contributed by atoms with van der Waals surface area (Å²) in [5.41, 5.74) is 4.41. The van der Waals surface area contributed by atoms with Crippen molar-refractivity contribution in [2.45, 2.75) is 37.6 Å². The molecule has 0 radical (unpaired) electrons. The molecule has 2 heterocycles. The van der Waals surface area contributed by atoms with Crippen LogP contribution in [0.5, 0.6) is 0 Å². The summed E-state index contributed by atoms with van der Waals surface area (Å²) in [6, 6.07) is 10.9. The van der Waals surface area contributed by atoms with Crippen LogP contribution in [0.15, 0.2) is 47.5 Å². The number of aromatic nitrogens is 1. The molecular weight excluding hydrogens is 415 g/mol. The minimum atomic E-state index is -3.72. The molecule has 6 nitrogen and oxygen atoms in total. The van der Waals surface area contributed by atoms with Gasteiger partial charge in [0.1, 0.15) is 11.9 Å². The number of hydrogen-bond donors (Lipinski definition) is 1. The molecule has 1 aromatic heterocycles. The highest BCUT2D eigenvalue weighted by atomic mass is 32.2. The van der Waals surface area contributed by atoms with E-state index in [2.05, 4.69) is 32.8 Å². The number of nitrogens with one attached hydrogen (secondary N) is 1. The number of nitriles is 1. The van der Waals surface area contributed by atoms with E-state index in [-0.39, 0.29) is 10.9 Å². The Morgan fingerprint density at radius 3 is 2.48 bits per heavy atom. The maximum atomic E-state index is 13.1. The van der Waals surface area contributed by atoms with Crippen LogP contribution in [0.1, 0.15) is 29.5 Å². The molecule has 1 aliphatic heterocycles. The second-order valence-electron chi connectivity index (χ2n) is 7.95. The zero-order valence-corrected chi connectivity index (χ0v) is 18.2. The predicted octanol–water partition coefficient (Wildman–Crippen LogP) is 3.81. The molecule has 8 heteroatoms. The van der Waals surface area contributed by atoms with Crippen molar-refractivity contribution in [3.63, 3.8) is 0 Å². The van der Waals surface area contributed by atoms with E-state index in [9.17, 15) is 18.1 Å². The van der Waals surface area contributed by atoms with Gasteiger partial charge in [-0.1, -0.05) is 11.6 Å². The summed E-state index contributed by atoms with van der Waals surface area (Å²) in [7, 11) is -3.72. The highest BCUT2D eigenvalue weighted by molar-refractivity contribution is 7.89. The Morgan fingerprint density at radius 1 is 1.16 bits per heavy atom. The first-order valence-electron chi connectivity index (χ1n) is 10.1. The van der Waals surface area contributed by atoms with Crippen molar-refractivity contribution >= 4 is 26.6 Å². The molecule has 1 aliphatic rings. The van der Waals surface area contributed by atoms with Gasteiger partial charge in [0.05, 0.1) is 21.7 Å². The van der Waals surface area contributed by atoms with Crippen LogP contribution in [0, 0.1) is 31.0 Å². The van der Waals surface area contributed by atoms with Crippen molar-refractivity contribution in [2.75, 3.05) is 18.0 Å². The fourth-order valence-corrected chi connectivity index (χ4v) is 5.50. The van der Waals surface area contributed by atoms with Crippen molar-refractivity contribution in [3.05, 3.63) is 65.1 Å². The minimum Gasteiger partial charge on any atom is -0.370 e. The van der Waals surface area contributed by atoms with Crippen LogP contribution in [-0.4, -0.2) is 32.5 Å². The molecule has 160 valence electrons. The van der Waals surface area contributed by atoms with Crippen LogP contribution in [0.25, 0.3) is 10.9 Å². The summed E-state index contributed by atoms with van der Waals surface area (Å²) < 4.78 is 41.1. The summed E-state index contributed by atoms with van der Waals surface area (Å²) in [5.74, 6) is -0.476. The predicted molar refractivity (Wildman–Crippen MR) is 118 cm³/mol. The third-order valence-corrected chi connectivity index (χ3v) is 7.19. The number of rotatable bonds is 4. The van der Waals surface area contributed by atoms with E-state index in [4.69, 9.17) is 0 Å². The fraction of sp³-hybridized carbons (Fsp3) is 0.304. The largest absolute Gasteiger partial charge is 0.370 e. The molecule has 2 aromatic carbocycles. The van der Waals surface area contributed by atoms with Crippen molar-refractivity contribution in [1.29, 1.82) is 5.26 Å². The number of aryl methyl sites for hydroxylation is 2. The summed E-state index contributed by atoms with van der Waals surface area (Å²) in [5, 5.41) is 10.6. The lowest BCUT2D eigenvalue weighted by Crippen LogP contribution is -2.44. The molecule has 0 spiro atoms. The quantitative estimate of drug-likeness (QED) is 0.669. The van der Waals surface area contributed by atoms with Crippen LogP contribution in [0.3, 0.4) is 0 Å². The first-order chi connectivity index (χ1) is 14.8. The van der Waals surface area contributed by atoms with Gasteiger partial charge in [0.2, 0.25) is 10.0 Å². The molecule has 4 rings (SSSR count). The lowest BCUT2D eigenvalue weighted by molar-refractivity contribution is 0.460. The molecule has 3 aromatic rings. The zero-order valence-electron chi connectivity index (χ0n) is 17.4. The Hall–Kier alpha value is -3.02. The van der Waals surface area contributed by atoms with Crippen LogP contribution in [0.4, 0.5) is 10.1 Å². The van der Waals surface area contributed by atoms with E-state index in [1.54, 1.807) is 6.20 Å². The number of nitrogens with zero attached hydrogens (tertiary/aromatic N) is 3. The van der Waals surface area contributed by atoms with Gasteiger partial charge in [-0.3, -0.25) is 4.98 Å². The number of piperidine rings is 1. The van der Waals surface area contributed by atoms with Crippen LogP contribution in [-0.2, 0) is 10.0 Å². The standard InChI is InChI=1S/C23H23FN4O2S/c1-15-11-16(2)22-21(12-15)23(17(13-25)14-26-22)28-9-7-19(8-10-28)27-31(29,30)20-5-3-18(24)4-6-20/h3-6,11-12,14,19,27H,7-10H2,1-2H3.